The highest BCUT2D eigenvalue weighted by Crippen LogP contribution is 2.36. The van der Waals surface area contributed by atoms with E-state index in [4.69, 9.17) is 55.9 Å². The van der Waals surface area contributed by atoms with Crippen molar-refractivity contribution in [3.05, 3.63) is 85.3 Å². The monoisotopic (exact) mass is 513 g/mol. The lowest BCUT2D eigenvalue weighted by molar-refractivity contribution is 0.0697. The van der Waals surface area contributed by atoms with Crippen LogP contribution >= 0.6 is 46.4 Å². The van der Waals surface area contributed by atoms with Gasteiger partial charge in [0.25, 0.3) is 0 Å². The Bertz CT molecular complexity index is 1120. The van der Waals surface area contributed by atoms with Crippen LogP contribution in [0.3, 0.4) is 0 Å². The van der Waals surface area contributed by atoms with Gasteiger partial charge < -0.3 is 19.9 Å². The first-order valence-electron chi connectivity index (χ1n) is 9.57. The van der Waals surface area contributed by atoms with Crippen molar-refractivity contribution in [3.8, 4) is 11.5 Å². The smallest absolute Gasteiger partial charge is 0.335 e. The number of ether oxygens (including phenoxy) is 2. The molecule has 3 aromatic carbocycles. The third-order valence-electron chi connectivity index (χ3n) is 4.53. The third-order valence-corrected chi connectivity index (χ3v) is 5.92. The van der Waals surface area contributed by atoms with E-state index in [1.54, 1.807) is 30.3 Å². The van der Waals surface area contributed by atoms with Crippen molar-refractivity contribution in [3.63, 3.8) is 0 Å². The molecule has 3 aromatic rings. The molecule has 0 saturated heterocycles. The van der Waals surface area contributed by atoms with Crippen LogP contribution < -0.4 is 14.8 Å². The number of rotatable bonds is 9. The predicted octanol–water partition coefficient (Wildman–Crippen LogP) is 7.59. The van der Waals surface area contributed by atoms with Crippen LogP contribution in [0.2, 0.25) is 20.1 Å². The molecular formula is C23H19Cl4NO4. The second kappa shape index (κ2) is 11.0. The molecule has 0 bridgehead atoms. The summed E-state index contributed by atoms with van der Waals surface area (Å²) in [7, 11) is 0. The molecule has 9 heteroatoms. The van der Waals surface area contributed by atoms with Crippen LogP contribution in [0.4, 0.5) is 5.69 Å². The minimum absolute atomic E-state index is 0.125. The maximum absolute atomic E-state index is 11.2. The average molecular weight is 515 g/mol. The summed E-state index contributed by atoms with van der Waals surface area (Å²) in [5.41, 5.74) is 1.98. The van der Waals surface area contributed by atoms with Gasteiger partial charge >= 0.3 is 5.97 Å². The predicted molar refractivity (Wildman–Crippen MR) is 129 cm³/mol. The number of carbonyl (C=O) groups is 1. The van der Waals surface area contributed by atoms with Crippen molar-refractivity contribution in [2.75, 3.05) is 11.9 Å². The topological polar surface area (TPSA) is 67.8 Å². The molecule has 0 radical (unpaired) electrons. The SMILES string of the molecule is CCOc1cc(CNc2cc(C(=O)O)ccc2Cl)c(Cl)cc1OCc1c(Cl)cccc1Cl. The van der Waals surface area contributed by atoms with Crippen LogP contribution in [-0.4, -0.2) is 17.7 Å². The second-order valence-corrected chi connectivity index (χ2v) is 8.29. The van der Waals surface area contributed by atoms with Crippen molar-refractivity contribution in [1.82, 2.24) is 0 Å². The van der Waals surface area contributed by atoms with E-state index in [-0.39, 0.29) is 12.2 Å². The fourth-order valence-electron chi connectivity index (χ4n) is 2.90. The highest BCUT2D eigenvalue weighted by molar-refractivity contribution is 6.36. The normalized spacial score (nSPS) is 10.7. The highest BCUT2D eigenvalue weighted by atomic mass is 35.5. The first kappa shape index (κ1) is 24.3. The van der Waals surface area contributed by atoms with Crippen LogP contribution in [0.1, 0.15) is 28.4 Å². The van der Waals surface area contributed by atoms with Gasteiger partial charge in [0.1, 0.15) is 6.61 Å². The Balaban J connectivity index is 1.81. The van der Waals surface area contributed by atoms with Gasteiger partial charge in [-0.3, -0.25) is 0 Å². The summed E-state index contributed by atoms with van der Waals surface area (Å²) >= 11 is 25.1. The largest absolute Gasteiger partial charge is 0.490 e. The Hall–Kier alpha value is -2.31. The maximum Gasteiger partial charge on any atom is 0.335 e. The van der Waals surface area contributed by atoms with Crippen molar-refractivity contribution in [2.24, 2.45) is 0 Å². The number of nitrogens with one attached hydrogen (secondary N) is 1. The van der Waals surface area contributed by atoms with Gasteiger partial charge in [-0.15, -0.1) is 0 Å². The summed E-state index contributed by atoms with van der Waals surface area (Å²) in [5, 5.41) is 14.1. The second-order valence-electron chi connectivity index (χ2n) is 6.67. The Labute approximate surface area is 205 Å². The van der Waals surface area contributed by atoms with Crippen LogP contribution in [0.5, 0.6) is 11.5 Å². The Morgan fingerprint density at radius 3 is 2.25 bits per heavy atom. The number of hydrogen-bond donors (Lipinski definition) is 2. The summed E-state index contributed by atoms with van der Waals surface area (Å²) in [6, 6.07) is 13.1. The van der Waals surface area contributed by atoms with E-state index in [0.717, 1.165) is 5.56 Å². The molecule has 0 saturated carbocycles. The van der Waals surface area contributed by atoms with Gasteiger partial charge in [0.15, 0.2) is 11.5 Å². The molecule has 168 valence electrons. The van der Waals surface area contributed by atoms with Crippen LogP contribution in [0.25, 0.3) is 0 Å². The molecule has 3 rings (SSSR count). The fourth-order valence-corrected chi connectivity index (χ4v) is 3.81. The van der Waals surface area contributed by atoms with Gasteiger partial charge in [0.2, 0.25) is 0 Å². The summed E-state index contributed by atoms with van der Waals surface area (Å²) in [4.78, 5) is 11.2. The van der Waals surface area contributed by atoms with Gasteiger partial charge in [0, 0.05) is 33.2 Å². The molecule has 0 spiro atoms. The van der Waals surface area contributed by atoms with Gasteiger partial charge in [0.05, 0.1) is 22.9 Å². The highest BCUT2D eigenvalue weighted by Gasteiger charge is 2.14. The molecule has 0 aromatic heterocycles. The molecule has 0 aliphatic carbocycles. The number of halogens is 4. The lowest BCUT2D eigenvalue weighted by Crippen LogP contribution is -2.05. The Kier molecular flexibility index (Phi) is 8.38. The quantitative estimate of drug-likeness (QED) is 0.308. The molecular weight excluding hydrogens is 496 g/mol. The Morgan fingerprint density at radius 2 is 1.59 bits per heavy atom. The number of benzene rings is 3. The van der Waals surface area contributed by atoms with Crippen LogP contribution in [0.15, 0.2) is 48.5 Å². The molecule has 5 nitrogen and oxygen atoms in total. The van der Waals surface area contributed by atoms with E-state index in [2.05, 4.69) is 5.32 Å². The van der Waals surface area contributed by atoms with Crippen LogP contribution in [-0.2, 0) is 13.2 Å². The van der Waals surface area contributed by atoms with Gasteiger partial charge in [-0.05, 0) is 48.9 Å². The van der Waals surface area contributed by atoms with E-state index in [1.807, 2.05) is 6.92 Å². The average Bonchev–Trinajstić information content (AvgIpc) is 2.75. The standard InChI is InChI=1S/C23H19Cl4NO4/c1-2-31-21-9-14(11-28-20-8-13(23(29)30)6-7-18(20)26)19(27)10-22(21)32-12-15-16(24)4-3-5-17(15)25/h3-10,28H,2,11-12H2,1H3,(H,29,30). The Morgan fingerprint density at radius 1 is 0.906 bits per heavy atom. The number of aromatic carboxylic acids is 1. The molecule has 0 fully saturated rings. The molecule has 0 amide bonds. The van der Waals surface area contributed by atoms with E-state index >= 15 is 0 Å². The minimum atomic E-state index is -1.04. The number of hydrogen-bond acceptors (Lipinski definition) is 4. The van der Waals surface area contributed by atoms with Gasteiger partial charge in [-0.25, -0.2) is 4.79 Å². The summed E-state index contributed by atoms with van der Waals surface area (Å²) in [6.45, 7) is 2.71. The molecule has 0 unspecified atom stereocenters. The molecule has 0 heterocycles. The first-order chi connectivity index (χ1) is 15.3. The fraction of sp³-hybridized carbons (Fsp3) is 0.174. The van der Waals surface area contributed by atoms with E-state index < -0.39 is 5.97 Å². The van der Waals surface area contributed by atoms with Crippen molar-refractivity contribution in [1.29, 1.82) is 0 Å². The zero-order valence-electron chi connectivity index (χ0n) is 16.9. The lowest BCUT2D eigenvalue weighted by Gasteiger charge is -2.17. The molecule has 0 aliphatic rings. The summed E-state index contributed by atoms with van der Waals surface area (Å²) in [6.07, 6.45) is 0. The number of carboxylic acid groups (broad SMARTS) is 1. The minimum Gasteiger partial charge on any atom is -0.490 e. The molecule has 0 aliphatic heterocycles. The van der Waals surface area contributed by atoms with Crippen molar-refractivity contribution < 1.29 is 19.4 Å². The molecule has 0 atom stereocenters. The lowest BCUT2D eigenvalue weighted by atomic mass is 10.1. The maximum atomic E-state index is 11.2. The first-order valence-corrected chi connectivity index (χ1v) is 11.1. The molecule has 2 N–H and O–H groups in total. The van der Waals surface area contributed by atoms with E-state index in [1.165, 1.54) is 18.2 Å². The van der Waals surface area contributed by atoms with E-state index in [9.17, 15) is 9.90 Å². The van der Waals surface area contributed by atoms with Crippen LogP contribution in [0, 0.1) is 0 Å². The third kappa shape index (κ3) is 5.93. The zero-order valence-corrected chi connectivity index (χ0v) is 19.9. The zero-order chi connectivity index (χ0) is 23.3. The molecule has 32 heavy (non-hydrogen) atoms. The van der Waals surface area contributed by atoms with Crippen molar-refractivity contribution in [2.45, 2.75) is 20.1 Å². The van der Waals surface area contributed by atoms with Crippen molar-refractivity contribution >= 4 is 58.1 Å². The van der Waals surface area contributed by atoms with E-state index in [0.29, 0.717) is 56.0 Å². The summed E-state index contributed by atoms with van der Waals surface area (Å²) in [5.74, 6) is -0.0914. The van der Waals surface area contributed by atoms with Gasteiger partial charge in [-0.2, -0.15) is 0 Å². The number of carboxylic acids is 1. The number of anilines is 1. The summed E-state index contributed by atoms with van der Waals surface area (Å²) < 4.78 is 11.6. The van der Waals surface area contributed by atoms with Gasteiger partial charge in [-0.1, -0.05) is 52.5 Å².